The molecule has 0 aliphatic heterocycles. The standard InChI is InChI=1S/C14H11N3O3S2/c15-13(18)17-8-6-11(22-12(8)20-14(16)19)10-5-7-3-1-2-4-9(7)21-10/h1-6H,(H2,16,19)(H3,15,17,18). The molecule has 0 bridgehead atoms. The van der Waals surface area contributed by atoms with E-state index in [9.17, 15) is 9.59 Å². The summed E-state index contributed by atoms with van der Waals surface area (Å²) >= 11 is 2.82. The number of hydrogen-bond donors (Lipinski definition) is 3. The monoisotopic (exact) mass is 333 g/mol. The molecule has 0 saturated carbocycles. The van der Waals surface area contributed by atoms with Gasteiger partial charge < -0.3 is 21.5 Å². The van der Waals surface area contributed by atoms with Crippen molar-refractivity contribution in [1.29, 1.82) is 0 Å². The maximum atomic E-state index is 11.0. The highest BCUT2D eigenvalue weighted by Crippen LogP contribution is 2.44. The molecule has 0 saturated heterocycles. The third-order valence-corrected chi connectivity index (χ3v) is 5.14. The van der Waals surface area contributed by atoms with E-state index >= 15 is 0 Å². The van der Waals surface area contributed by atoms with E-state index in [0.29, 0.717) is 5.69 Å². The van der Waals surface area contributed by atoms with Gasteiger partial charge in [-0.3, -0.25) is 0 Å². The highest BCUT2D eigenvalue weighted by atomic mass is 32.1. The number of fused-ring (bicyclic) bond motifs is 1. The second-order valence-electron chi connectivity index (χ2n) is 4.37. The number of urea groups is 1. The van der Waals surface area contributed by atoms with Gasteiger partial charge in [-0.15, -0.1) is 11.3 Å². The molecule has 22 heavy (non-hydrogen) atoms. The van der Waals surface area contributed by atoms with E-state index in [2.05, 4.69) is 5.32 Å². The molecule has 0 aliphatic rings. The van der Waals surface area contributed by atoms with Crippen LogP contribution in [0.2, 0.25) is 0 Å². The third kappa shape index (κ3) is 2.87. The van der Waals surface area contributed by atoms with Gasteiger partial charge in [0, 0.05) is 9.58 Å². The van der Waals surface area contributed by atoms with E-state index in [1.54, 1.807) is 17.4 Å². The lowest BCUT2D eigenvalue weighted by Gasteiger charge is -2.01. The second-order valence-corrected chi connectivity index (χ2v) is 6.47. The van der Waals surface area contributed by atoms with Gasteiger partial charge >= 0.3 is 12.1 Å². The predicted octanol–water partition coefficient (Wildman–Crippen LogP) is 3.58. The van der Waals surface area contributed by atoms with E-state index in [1.807, 2.05) is 30.3 Å². The van der Waals surface area contributed by atoms with Crippen LogP contribution in [0.3, 0.4) is 0 Å². The lowest BCUT2D eigenvalue weighted by atomic mass is 10.2. The van der Waals surface area contributed by atoms with Crippen molar-refractivity contribution < 1.29 is 14.3 Å². The molecule has 0 unspecified atom stereocenters. The molecule has 0 fully saturated rings. The summed E-state index contributed by atoms with van der Waals surface area (Å²) in [5.74, 6) is 0. The number of carbonyl (C=O) groups is 2. The van der Waals surface area contributed by atoms with Crippen LogP contribution in [-0.2, 0) is 0 Å². The maximum absolute atomic E-state index is 11.0. The first-order valence-corrected chi connectivity index (χ1v) is 7.83. The summed E-state index contributed by atoms with van der Waals surface area (Å²) in [6.07, 6.45) is -0.947. The molecule has 3 aromatic rings. The Kier molecular flexibility index (Phi) is 3.70. The normalized spacial score (nSPS) is 10.5. The Morgan fingerprint density at radius 3 is 2.45 bits per heavy atom. The summed E-state index contributed by atoms with van der Waals surface area (Å²) < 4.78 is 6.06. The SMILES string of the molecule is NC(=O)Nc1cc(-c2cc3ccccc3s2)sc1OC(N)=O. The molecule has 2 heterocycles. The van der Waals surface area contributed by atoms with Crippen molar-refractivity contribution in [1.82, 2.24) is 0 Å². The first-order chi connectivity index (χ1) is 10.5. The molecule has 6 nitrogen and oxygen atoms in total. The minimum Gasteiger partial charge on any atom is -0.397 e. The molecule has 1 aromatic carbocycles. The molecule has 3 amide bonds. The Morgan fingerprint density at radius 1 is 1.05 bits per heavy atom. The Balaban J connectivity index is 2.04. The predicted molar refractivity (Wildman–Crippen MR) is 88.6 cm³/mol. The van der Waals surface area contributed by atoms with Crippen LogP contribution in [0.15, 0.2) is 36.4 Å². The fourth-order valence-corrected chi connectivity index (χ4v) is 4.09. The number of nitrogens with two attached hydrogens (primary N) is 2. The van der Waals surface area contributed by atoms with Gasteiger partial charge in [-0.25, -0.2) is 9.59 Å². The highest BCUT2D eigenvalue weighted by molar-refractivity contribution is 7.26. The van der Waals surface area contributed by atoms with Gasteiger partial charge in [-0.2, -0.15) is 0 Å². The quantitative estimate of drug-likeness (QED) is 0.681. The van der Waals surface area contributed by atoms with Crippen LogP contribution in [-0.4, -0.2) is 12.1 Å². The van der Waals surface area contributed by atoms with E-state index in [1.165, 1.54) is 11.3 Å². The minimum atomic E-state index is -0.947. The van der Waals surface area contributed by atoms with Crippen molar-refractivity contribution in [2.45, 2.75) is 0 Å². The van der Waals surface area contributed by atoms with Crippen LogP contribution >= 0.6 is 22.7 Å². The molecule has 0 atom stereocenters. The van der Waals surface area contributed by atoms with Crippen LogP contribution in [0.25, 0.3) is 19.8 Å². The third-order valence-electron chi connectivity index (χ3n) is 2.82. The van der Waals surface area contributed by atoms with Gasteiger partial charge in [-0.1, -0.05) is 29.5 Å². The van der Waals surface area contributed by atoms with E-state index in [-0.39, 0.29) is 5.06 Å². The average Bonchev–Trinajstić information content (AvgIpc) is 3.02. The summed E-state index contributed by atoms with van der Waals surface area (Å²) in [6, 6.07) is 11.0. The summed E-state index contributed by atoms with van der Waals surface area (Å²) in [5.41, 5.74) is 10.5. The number of primary amides is 2. The van der Waals surface area contributed by atoms with Crippen molar-refractivity contribution in [3.63, 3.8) is 0 Å². The minimum absolute atomic E-state index is 0.207. The molecule has 5 N–H and O–H groups in total. The lowest BCUT2D eigenvalue weighted by Crippen LogP contribution is -2.21. The summed E-state index contributed by atoms with van der Waals surface area (Å²) in [6.45, 7) is 0. The zero-order valence-electron chi connectivity index (χ0n) is 11.2. The first-order valence-electron chi connectivity index (χ1n) is 6.19. The van der Waals surface area contributed by atoms with Gasteiger partial charge in [0.25, 0.3) is 0 Å². The van der Waals surface area contributed by atoms with Crippen molar-refractivity contribution in [3.05, 3.63) is 36.4 Å². The molecule has 3 rings (SSSR count). The number of nitrogens with one attached hydrogen (secondary N) is 1. The number of thiophene rings is 2. The number of anilines is 1. The Labute approximate surface area is 133 Å². The molecule has 0 radical (unpaired) electrons. The number of amides is 3. The summed E-state index contributed by atoms with van der Waals surface area (Å²) in [5, 5.41) is 3.75. The molecule has 112 valence electrons. The van der Waals surface area contributed by atoms with E-state index in [4.69, 9.17) is 16.2 Å². The first kappa shape index (κ1) is 14.4. The molecular weight excluding hydrogens is 322 g/mol. The highest BCUT2D eigenvalue weighted by Gasteiger charge is 2.16. The van der Waals surface area contributed by atoms with E-state index < -0.39 is 12.1 Å². The van der Waals surface area contributed by atoms with Crippen LogP contribution in [0.5, 0.6) is 5.06 Å². The van der Waals surface area contributed by atoms with Crippen molar-refractivity contribution >= 4 is 50.6 Å². The van der Waals surface area contributed by atoms with Crippen LogP contribution < -0.4 is 21.5 Å². The van der Waals surface area contributed by atoms with E-state index in [0.717, 1.165) is 19.8 Å². The Bertz CT molecular complexity index is 803. The molecular formula is C14H11N3O3S2. The van der Waals surface area contributed by atoms with Crippen molar-refractivity contribution in [2.75, 3.05) is 5.32 Å². The zero-order valence-corrected chi connectivity index (χ0v) is 12.8. The van der Waals surface area contributed by atoms with Gasteiger partial charge in [0.1, 0.15) is 0 Å². The summed E-state index contributed by atoms with van der Waals surface area (Å²) in [7, 11) is 0. The number of rotatable bonds is 3. The fraction of sp³-hybridized carbons (Fsp3) is 0. The average molecular weight is 333 g/mol. The lowest BCUT2D eigenvalue weighted by molar-refractivity contribution is 0.212. The van der Waals surface area contributed by atoms with Crippen LogP contribution in [0, 0.1) is 0 Å². The Morgan fingerprint density at radius 2 is 1.77 bits per heavy atom. The molecule has 0 aliphatic carbocycles. The molecule has 0 spiro atoms. The zero-order chi connectivity index (χ0) is 15.7. The van der Waals surface area contributed by atoms with Gasteiger partial charge in [0.2, 0.25) is 5.06 Å². The number of hydrogen-bond acceptors (Lipinski definition) is 5. The molecule has 2 aromatic heterocycles. The van der Waals surface area contributed by atoms with Gasteiger partial charge in [0.05, 0.1) is 10.6 Å². The summed E-state index contributed by atoms with van der Waals surface area (Å²) in [4.78, 5) is 23.8. The fourth-order valence-electron chi connectivity index (χ4n) is 1.99. The van der Waals surface area contributed by atoms with Gasteiger partial charge in [0.15, 0.2) is 0 Å². The number of ether oxygens (including phenoxy) is 1. The molecule has 8 heteroatoms. The van der Waals surface area contributed by atoms with Crippen LogP contribution in [0.4, 0.5) is 15.3 Å². The Hall–Kier alpha value is -2.58. The number of carbonyl (C=O) groups excluding carboxylic acids is 2. The van der Waals surface area contributed by atoms with Gasteiger partial charge in [-0.05, 0) is 23.6 Å². The second kappa shape index (κ2) is 5.66. The number of benzene rings is 1. The smallest absolute Gasteiger partial charge is 0.397 e. The largest absolute Gasteiger partial charge is 0.410 e. The van der Waals surface area contributed by atoms with Crippen LogP contribution in [0.1, 0.15) is 0 Å². The van der Waals surface area contributed by atoms with Crippen molar-refractivity contribution in [2.24, 2.45) is 11.5 Å². The van der Waals surface area contributed by atoms with Crippen molar-refractivity contribution in [3.8, 4) is 14.8 Å². The maximum Gasteiger partial charge on any atom is 0.410 e. The topological polar surface area (TPSA) is 107 Å².